The highest BCUT2D eigenvalue weighted by molar-refractivity contribution is 7.12. The van der Waals surface area contributed by atoms with E-state index >= 15 is 0 Å². The average Bonchev–Trinajstić information content (AvgIpc) is 3.07. The summed E-state index contributed by atoms with van der Waals surface area (Å²) in [4.78, 5) is 23.9. The molecule has 7 nitrogen and oxygen atoms in total. The van der Waals surface area contributed by atoms with Gasteiger partial charge in [0.25, 0.3) is 0 Å². The summed E-state index contributed by atoms with van der Waals surface area (Å²) in [6.45, 7) is 2.26. The second-order valence-electron chi connectivity index (χ2n) is 4.08. The Morgan fingerprint density at radius 1 is 1.50 bits per heavy atom. The van der Waals surface area contributed by atoms with Crippen LogP contribution < -0.4 is 5.32 Å². The molecule has 1 amide bonds. The number of aromatic nitrogens is 3. The molecule has 0 spiro atoms. The number of nitrogens with one attached hydrogen (secondary N) is 1. The Morgan fingerprint density at radius 2 is 2.30 bits per heavy atom. The normalized spacial score (nSPS) is 10.3. The number of carbonyl (C=O) groups is 2. The van der Waals surface area contributed by atoms with Gasteiger partial charge in [-0.05, 0) is 17.9 Å². The summed E-state index contributed by atoms with van der Waals surface area (Å²) in [5.41, 5.74) is 1.36. The number of hydrogen-bond acceptors (Lipinski definition) is 6. The van der Waals surface area contributed by atoms with Crippen LogP contribution in [0.1, 0.15) is 21.7 Å². The zero-order valence-corrected chi connectivity index (χ0v) is 11.9. The van der Waals surface area contributed by atoms with Crippen LogP contribution in [0.15, 0.2) is 17.8 Å². The van der Waals surface area contributed by atoms with E-state index in [0.717, 1.165) is 5.56 Å². The number of carbonyl (C=O) groups excluding carboxylic acids is 2. The van der Waals surface area contributed by atoms with Gasteiger partial charge < -0.3 is 10.1 Å². The smallest absolute Gasteiger partial charge is 0.350 e. The van der Waals surface area contributed by atoms with Crippen molar-refractivity contribution in [3.8, 4) is 0 Å². The minimum atomic E-state index is -0.449. The molecule has 2 heterocycles. The zero-order valence-electron chi connectivity index (χ0n) is 11.1. The number of hydrogen-bond donors (Lipinski definition) is 1. The highest BCUT2D eigenvalue weighted by Gasteiger charge is 2.18. The van der Waals surface area contributed by atoms with Gasteiger partial charge in [-0.25, -0.2) is 4.79 Å². The predicted octanol–water partition coefficient (Wildman–Crippen LogP) is 1.46. The highest BCUT2D eigenvalue weighted by atomic mass is 32.1. The number of anilines is 1. The van der Waals surface area contributed by atoms with Gasteiger partial charge in [-0.15, -0.1) is 16.4 Å². The summed E-state index contributed by atoms with van der Waals surface area (Å²) in [6.07, 6.45) is 3.48. The molecule has 0 aromatic carbocycles. The summed E-state index contributed by atoms with van der Waals surface area (Å²) in [5, 5.41) is 12.0. The van der Waals surface area contributed by atoms with E-state index in [-0.39, 0.29) is 12.3 Å². The van der Waals surface area contributed by atoms with Crippen LogP contribution in [0, 0.1) is 6.92 Å². The number of ether oxygens (including phenoxy) is 1. The molecule has 0 saturated carbocycles. The minimum Gasteiger partial charge on any atom is -0.465 e. The molecule has 0 aliphatic rings. The number of thiophene rings is 1. The number of aryl methyl sites for hydroxylation is 2. The molecule has 0 saturated heterocycles. The molecule has 2 aromatic rings. The average molecular weight is 294 g/mol. The third kappa shape index (κ3) is 3.21. The van der Waals surface area contributed by atoms with Gasteiger partial charge in [0, 0.05) is 12.6 Å². The van der Waals surface area contributed by atoms with Crippen molar-refractivity contribution in [2.75, 3.05) is 12.4 Å². The fourth-order valence-electron chi connectivity index (χ4n) is 1.61. The number of methoxy groups -OCH3 is 1. The summed E-state index contributed by atoms with van der Waals surface area (Å²) in [7, 11) is 1.31. The van der Waals surface area contributed by atoms with Crippen LogP contribution in [0.3, 0.4) is 0 Å². The Morgan fingerprint density at radius 3 is 2.95 bits per heavy atom. The number of esters is 1. The Balaban J connectivity index is 2.00. The number of amides is 1. The van der Waals surface area contributed by atoms with Gasteiger partial charge in [-0.1, -0.05) is 5.21 Å². The van der Waals surface area contributed by atoms with E-state index < -0.39 is 5.97 Å². The molecule has 2 rings (SSSR count). The Labute approximate surface area is 119 Å². The molecular weight excluding hydrogens is 280 g/mol. The quantitative estimate of drug-likeness (QED) is 0.844. The first-order valence-electron chi connectivity index (χ1n) is 5.92. The SMILES string of the molecule is COC(=O)c1scc(C)c1NC(=O)CCn1ccnn1. The molecule has 1 N–H and O–H groups in total. The third-order valence-corrected chi connectivity index (χ3v) is 3.73. The van der Waals surface area contributed by atoms with E-state index in [0.29, 0.717) is 17.1 Å². The zero-order chi connectivity index (χ0) is 14.5. The fraction of sp³-hybridized carbons (Fsp3) is 0.333. The summed E-state index contributed by atoms with van der Waals surface area (Å²) in [6, 6.07) is 0. The lowest BCUT2D eigenvalue weighted by atomic mass is 10.2. The molecule has 0 aliphatic carbocycles. The van der Waals surface area contributed by atoms with E-state index in [4.69, 9.17) is 0 Å². The maximum absolute atomic E-state index is 11.9. The van der Waals surface area contributed by atoms with Crippen molar-refractivity contribution >= 4 is 28.9 Å². The molecule has 0 atom stereocenters. The molecule has 106 valence electrons. The molecule has 0 radical (unpaired) electrons. The molecular formula is C12H14N4O3S. The van der Waals surface area contributed by atoms with E-state index in [1.807, 2.05) is 6.92 Å². The van der Waals surface area contributed by atoms with Crippen molar-refractivity contribution in [1.82, 2.24) is 15.0 Å². The maximum Gasteiger partial charge on any atom is 0.350 e. The molecule has 0 bridgehead atoms. The van der Waals surface area contributed by atoms with Crippen molar-refractivity contribution in [3.05, 3.63) is 28.2 Å². The van der Waals surface area contributed by atoms with E-state index in [1.54, 1.807) is 22.5 Å². The van der Waals surface area contributed by atoms with E-state index in [9.17, 15) is 9.59 Å². The Kier molecular flexibility index (Phi) is 4.46. The fourth-order valence-corrected chi connectivity index (χ4v) is 2.53. The standard InChI is InChI=1S/C12H14N4O3S/c1-8-7-20-11(12(18)19-2)10(8)14-9(17)3-5-16-6-4-13-15-16/h4,6-7H,3,5H2,1-2H3,(H,14,17). The summed E-state index contributed by atoms with van der Waals surface area (Å²) < 4.78 is 6.26. The van der Waals surface area contributed by atoms with Gasteiger partial charge in [-0.3, -0.25) is 9.48 Å². The van der Waals surface area contributed by atoms with Crippen LogP contribution in [0.4, 0.5) is 5.69 Å². The van der Waals surface area contributed by atoms with Crippen molar-refractivity contribution in [3.63, 3.8) is 0 Å². The molecule has 20 heavy (non-hydrogen) atoms. The lowest BCUT2D eigenvalue weighted by molar-refractivity contribution is -0.116. The van der Waals surface area contributed by atoms with Gasteiger partial charge in [-0.2, -0.15) is 0 Å². The van der Waals surface area contributed by atoms with Crippen LogP contribution in [-0.4, -0.2) is 34.0 Å². The maximum atomic E-state index is 11.9. The lowest BCUT2D eigenvalue weighted by Gasteiger charge is -2.07. The van der Waals surface area contributed by atoms with Gasteiger partial charge in [0.05, 0.1) is 25.5 Å². The van der Waals surface area contributed by atoms with Crippen molar-refractivity contribution in [2.45, 2.75) is 19.9 Å². The summed E-state index contributed by atoms with van der Waals surface area (Å²) >= 11 is 1.25. The van der Waals surface area contributed by atoms with Crippen molar-refractivity contribution in [2.24, 2.45) is 0 Å². The lowest BCUT2D eigenvalue weighted by Crippen LogP contribution is -2.16. The third-order valence-electron chi connectivity index (χ3n) is 2.65. The molecule has 0 unspecified atom stereocenters. The van der Waals surface area contributed by atoms with Crippen LogP contribution in [-0.2, 0) is 16.1 Å². The highest BCUT2D eigenvalue weighted by Crippen LogP contribution is 2.28. The molecule has 0 aliphatic heterocycles. The first-order chi connectivity index (χ1) is 9.61. The molecule has 2 aromatic heterocycles. The van der Waals surface area contributed by atoms with Crippen LogP contribution in [0.25, 0.3) is 0 Å². The topological polar surface area (TPSA) is 86.1 Å². The molecule has 8 heteroatoms. The first-order valence-corrected chi connectivity index (χ1v) is 6.80. The second kappa shape index (κ2) is 6.29. The molecule has 0 fully saturated rings. The predicted molar refractivity (Wildman–Crippen MR) is 73.7 cm³/mol. The van der Waals surface area contributed by atoms with Crippen molar-refractivity contribution < 1.29 is 14.3 Å². The first kappa shape index (κ1) is 14.2. The van der Waals surface area contributed by atoms with Gasteiger partial charge >= 0.3 is 5.97 Å². The largest absolute Gasteiger partial charge is 0.465 e. The van der Waals surface area contributed by atoms with Gasteiger partial charge in [0.2, 0.25) is 5.91 Å². The minimum absolute atomic E-state index is 0.188. The van der Waals surface area contributed by atoms with Gasteiger partial charge in [0.1, 0.15) is 4.88 Å². The van der Waals surface area contributed by atoms with Gasteiger partial charge in [0.15, 0.2) is 0 Å². The number of rotatable bonds is 5. The Hall–Kier alpha value is -2.22. The number of nitrogens with zero attached hydrogens (tertiary/aromatic N) is 3. The van der Waals surface area contributed by atoms with Crippen molar-refractivity contribution in [1.29, 1.82) is 0 Å². The van der Waals surface area contributed by atoms with Crippen LogP contribution in [0.5, 0.6) is 0 Å². The van der Waals surface area contributed by atoms with Crippen LogP contribution >= 0.6 is 11.3 Å². The van der Waals surface area contributed by atoms with Crippen LogP contribution in [0.2, 0.25) is 0 Å². The summed E-state index contributed by atoms with van der Waals surface area (Å²) in [5.74, 6) is -0.637. The van der Waals surface area contributed by atoms with E-state index in [1.165, 1.54) is 18.4 Å². The van der Waals surface area contributed by atoms with E-state index in [2.05, 4.69) is 20.4 Å². The monoisotopic (exact) mass is 294 g/mol. The second-order valence-corrected chi connectivity index (χ2v) is 4.96. The Bertz CT molecular complexity index is 606.